The van der Waals surface area contributed by atoms with Crippen LogP contribution in [0.3, 0.4) is 0 Å². The van der Waals surface area contributed by atoms with Gasteiger partial charge < -0.3 is 5.32 Å². The fourth-order valence-electron chi connectivity index (χ4n) is 2.70. The van der Waals surface area contributed by atoms with E-state index in [-0.39, 0.29) is 17.6 Å². The van der Waals surface area contributed by atoms with Crippen LogP contribution in [0.5, 0.6) is 0 Å². The van der Waals surface area contributed by atoms with Gasteiger partial charge in [0.15, 0.2) is 5.13 Å². The SMILES string of the molecule is O=C(CSc1ccc(Cl)cc1)Nc1ccc2nc(NC(=O)c3ccc(F)cc3)sc2c1. The molecule has 0 aliphatic heterocycles. The van der Waals surface area contributed by atoms with Crippen LogP contribution in [0.2, 0.25) is 5.02 Å². The number of aromatic nitrogens is 1. The van der Waals surface area contributed by atoms with E-state index in [1.807, 2.05) is 18.2 Å². The van der Waals surface area contributed by atoms with Crippen LogP contribution in [0.4, 0.5) is 15.2 Å². The lowest BCUT2D eigenvalue weighted by atomic mass is 10.2. The van der Waals surface area contributed by atoms with Crippen molar-refractivity contribution >= 4 is 67.5 Å². The molecule has 5 nitrogen and oxygen atoms in total. The number of hydrogen-bond acceptors (Lipinski definition) is 5. The largest absolute Gasteiger partial charge is 0.325 e. The molecular weight excluding hydrogens is 457 g/mol. The van der Waals surface area contributed by atoms with E-state index in [1.54, 1.807) is 24.3 Å². The summed E-state index contributed by atoms with van der Waals surface area (Å²) in [4.78, 5) is 29.9. The van der Waals surface area contributed by atoms with Crippen LogP contribution in [-0.2, 0) is 4.79 Å². The van der Waals surface area contributed by atoms with Gasteiger partial charge in [0.25, 0.3) is 5.91 Å². The van der Waals surface area contributed by atoms with Gasteiger partial charge in [0, 0.05) is 21.2 Å². The Bertz CT molecular complexity index is 1240. The number of halogens is 2. The number of benzene rings is 3. The van der Waals surface area contributed by atoms with Crippen LogP contribution in [0.1, 0.15) is 10.4 Å². The Morgan fingerprint density at radius 1 is 1.00 bits per heavy atom. The van der Waals surface area contributed by atoms with E-state index in [9.17, 15) is 14.0 Å². The zero-order valence-electron chi connectivity index (χ0n) is 15.9. The quantitative estimate of drug-likeness (QED) is 0.335. The molecule has 0 spiro atoms. The third-order valence-corrected chi connectivity index (χ3v) is 6.38. The van der Waals surface area contributed by atoms with E-state index in [0.29, 0.717) is 26.9 Å². The summed E-state index contributed by atoms with van der Waals surface area (Å²) in [6.45, 7) is 0. The Morgan fingerprint density at radius 2 is 1.74 bits per heavy atom. The number of carbonyl (C=O) groups excluding carboxylic acids is 2. The van der Waals surface area contributed by atoms with Crippen molar-refractivity contribution < 1.29 is 14.0 Å². The van der Waals surface area contributed by atoms with Crippen molar-refractivity contribution in [1.82, 2.24) is 4.98 Å². The summed E-state index contributed by atoms with van der Waals surface area (Å²) < 4.78 is 13.8. The number of thioether (sulfide) groups is 1. The normalized spacial score (nSPS) is 10.8. The van der Waals surface area contributed by atoms with Gasteiger partial charge in [-0.1, -0.05) is 22.9 Å². The highest BCUT2D eigenvalue weighted by atomic mass is 35.5. The van der Waals surface area contributed by atoms with Gasteiger partial charge in [0.05, 0.1) is 16.0 Å². The highest BCUT2D eigenvalue weighted by Gasteiger charge is 2.11. The smallest absolute Gasteiger partial charge is 0.257 e. The number of carbonyl (C=O) groups is 2. The summed E-state index contributed by atoms with van der Waals surface area (Å²) in [5.41, 5.74) is 1.69. The maximum Gasteiger partial charge on any atom is 0.257 e. The number of amides is 2. The summed E-state index contributed by atoms with van der Waals surface area (Å²) in [6.07, 6.45) is 0. The summed E-state index contributed by atoms with van der Waals surface area (Å²) in [6, 6.07) is 17.9. The van der Waals surface area contributed by atoms with E-state index in [0.717, 1.165) is 9.60 Å². The molecule has 156 valence electrons. The molecule has 1 aromatic heterocycles. The maximum absolute atomic E-state index is 13.0. The van der Waals surface area contributed by atoms with Crippen LogP contribution in [0.15, 0.2) is 71.6 Å². The first-order valence-electron chi connectivity index (χ1n) is 9.12. The molecule has 31 heavy (non-hydrogen) atoms. The maximum atomic E-state index is 13.0. The van der Waals surface area contributed by atoms with E-state index in [1.165, 1.54) is 47.4 Å². The second-order valence-corrected chi connectivity index (χ2v) is 8.97. The minimum Gasteiger partial charge on any atom is -0.325 e. The second-order valence-electron chi connectivity index (χ2n) is 6.45. The van der Waals surface area contributed by atoms with Gasteiger partial charge in [0.1, 0.15) is 5.82 Å². The minimum absolute atomic E-state index is 0.131. The van der Waals surface area contributed by atoms with E-state index in [4.69, 9.17) is 11.6 Å². The Kier molecular flexibility index (Phi) is 6.50. The summed E-state index contributed by atoms with van der Waals surface area (Å²) in [7, 11) is 0. The molecule has 4 aromatic rings. The molecule has 2 amide bonds. The van der Waals surface area contributed by atoms with Gasteiger partial charge in [0.2, 0.25) is 5.91 Å². The number of fused-ring (bicyclic) bond motifs is 1. The van der Waals surface area contributed by atoms with Crippen molar-refractivity contribution in [3.8, 4) is 0 Å². The summed E-state index contributed by atoms with van der Waals surface area (Å²) in [5, 5.41) is 6.66. The number of thiazole rings is 1. The highest BCUT2D eigenvalue weighted by molar-refractivity contribution is 8.00. The van der Waals surface area contributed by atoms with Crippen molar-refractivity contribution in [1.29, 1.82) is 0 Å². The van der Waals surface area contributed by atoms with Crippen LogP contribution < -0.4 is 10.6 Å². The third-order valence-electron chi connectivity index (χ3n) is 4.18. The molecule has 9 heteroatoms. The number of nitrogens with zero attached hydrogens (tertiary/aromatic N) is 1. The van der Waals surface area contributed by atoms with Crippen molar-refractivity contribution in [3.05, 3.63) is 83.1 Å². The van der Waals surface area contributed by atoms with Gasteiger partial charge in [-0.25, -0.2) is 9.37 Å². The Balaban J connectivity index is 1.38. The minimum atomic E-state index is -0.405. The molecule has 0 aliphatic carbocycles. The number of nitrogens with one attached hydrogen (secondary N) is 2. The van der Waals surface area contributed by atoms with E-state index < -0.39 is 5.82 Å². The molecule has 0 saturated carbocycles. The first kappa shape index (κ1) is 21.3. The Hall–Kier alpha value is -2.94. The van der Waals surface area contributed by atoms with Crippen LogP contribution in [-0.4, -0.2) is 22.6 Å². The van der Waals surface area contributed by atoms with Crippen molar-refractivity contribution in [3.63, 3.8) is 0 Å². The lowest BCUT2D eigenvalue weighted by Gasteiger charge is -2.05. The van der Waals surface area contributed by atoms with Gasteiger partial charge in [-0.3, -0.25) is 14.9 Å². The predicted octanol–water partition coefficient (Wildman–Crippen LogP) is 6.07. The van der Waals surface area contributed by atoms with Crippen LogP contribution in [0, 0.1) is 5.82 Å². The van der Waals surface area contributed by atoms with E-state index in [2.05, 4.69) is 15.6 Å². The molecule has 4 rings (SSSR count). The summed E-state index contributed by atoms with van der Waals surface area (Å²) >= 11 is 8.57. The van der Waals surface area contributed by atoms with Gasteiger partial charge in [-0.05, 0) is 66.7 Å². The van der Waals surface area contributed by atoms with Gasteiger partial charge in [-0.2, -0.15) is 0 Å². The summed E-state index contributed by atoms with van der Waals surface area (Å²) in [5.74, 6) is -0.639. The van der Waals surface area contributed by atoms with Crippen molar-refractivity contribution in [2.45, 2.75) is 4.90 Å². The number of rotatable bonds is 6. The lowest BCUT2D eigenvalue weighted by Crippen LogP contribution is -2.13. The molecule has 0 atom stereocenters. The van der Waals surface area contributed by atoms with Crippen LogP contribution in [0.25, 0.3) is 10.2 Å². The standard InChI is InChI=1S/C22H15ClFN3O2S2/c23-14-3-8-17(9-4-14)30-12-20(28)25-16-7-10-18-19(11-16)31-22(26-18)27-21(29)13-1-5-15(24)6-2-13/h1-11H,12H2,(H,25,28)(H,26,27,29). The van der Waals surface area contributed by atoms with Crippen molar-refractivity contribution in [2.24, 2.45) is 0 Å². The molecule has 2 N–H and O–H groups in total. The number of anilines is 2. The van der Waals surface area contributed by atoms with Crippen LogP contribution >= 0.6 is 34.7 Å². The molecule has 3 aromatic carbocycles. The average Bonchev–Trinajstić information content (AvgIpc) is 3.15. The second kappa shape index (κ2) is 9.47. The molecule has 0 radical (unpaired) electrons. The molecule has 0 saturated heterocycles. The molecule has 1 heterocycles. The Labute approximate surface area is 190 Å². The van der Waals surface area contributed by atoms with Gasteiger partial charge >= 0.3 is 0 Å². The predicted molar refractivity (Wildman–Crippen MR) is 125 cm³/mol. The fourth-order valence-corrected chi connectivity index (χ4v) is 4.43. The molecule has 0 aliphatic rings. The molecular formula is C22H15ClFN3O2S2. The zero-order valence-corrected chi connectivity index (χ0v) is 18.3. The topological polar surface area (TPSA) is 71.1 Å². The zero-order chi connectivity index (χ0) is 21.8. The molecule has 0 bridgehead atoms. The van der Waals surface area contributed by atoms with E-state index >= 15 is 0 Å². The van der Waals surface area contributed by atoms with Gasteiger partial charge in [-0.15, -0.1) is 11.8 Å². The molecule has 0 unspecified atom stereocenters. The average molecular weight is 472 g/mol. The first-order valence-corrected chi connectivity index (χ1v) is 11.3. The monoisotopic (exact) mass is 471 g/mol. The van der Waals surface area contributed by atoms with Crippen molar-refractivity contribution in [2.75, 3.05) is 16.4 Å². The first-order chi connectivity index (χ1) is 15.0. The number of hydrogen-bond donors (Lipinski definition) is 2. The molecule has 0 fully saturated rings. The highest BCUT2D eigenvalue weighted by Crippen LogP contribution is 2.29. The lowest BCUT2D eigenvalue weighted by molar-refractivity contribution is -0.113. The Morgan fingerprint density at radius 3 is 2.48 bits per heavy atom. The fraction of sp³-hybridized carbons (Fsp3) is 0.0455. The third kappa shape index (κ3) is 5.61.